The number of hydrogen-bond acceptors (Lipinski definition) is 4. The van der Waals surface area contributed by atoms with Gasteiger partial charge in [0.05, 0.1) is 12.2 Å². The summed E-state index contributed by atoms with van der Waals surface area (Å²) < 4.78 is 1.74. The van der Waals surface area contributed by atoms with E-state index in [1.165, 1.54) is 21.6 Å². The molecular formula is C18H22N6S. The third-order valence-electron chi connectivity index (χ3n) is 3.80. The van der Waals surface area contributed by atoms with E-state index in [0.717, 1.165) is 24.6 Å². The summed E-state index contributed by atoms with van der Waals surface area (Å²) in [5, 5.41) is 10.8. The molecule has 0 bridgehead atoms. The van der Waals surface area contributed by atoms with Crippen LogP contribution in [0, 0.1) is 0 Å². The van der Waals surface area contributed by atoms with Crippen LogP contribution in [0.4, 0.5) is 0 Å². The van der Waals surface area contributed by atoms with Crippen molar-refractivity contribution in [2.45, 2.75) is 26.4 Å². The Morgan fingerprint density at radius 2 is 1.84 bits per heavy atom. The van der Waals surface area contributed by atoms with Crippen molar-refractivity contribution < 1.29 is 0 Å². The number of nitrogens with zero attached hydrogens (tertiary/aromatic N) is 4. The van der Waals surface area contributed by atoms with Gasteiger partial charge in [0.2, 0.25) is 0 Å². The van der Waals surface area contributed by atoms with Crippen LogP contribution in [0.15, 0.2) is 54.0 Å². The van der Waals surface area contributed by atoms with Crippen molar-refractivity contribution in [1.82, 2.24) is 25.4 Å². The molecule has 0 aliphatic heterocycles. The minimum Gasteiger partial charge on any atom is -0.352 e. The van der Waals surface area contributed by atoms with Gasteiger partial charge in [-0.15, -0.1) is 11.3 Å². The molecular weight excluding hydrogens is 332 g/mol. The fourth-order valence-electron chi connectivity index (χ4n) is 2.39. The van der Waals surface area contributed by atoms with Gasteiger partial charge >= 0.3 is 0 Å². The van der Waals surface area contributed by atoms with Crippen LogP contribution >= 0.6 is 11.3 Å². The number of thiophene rings is 1. The summed E-state index contributed by atoms with van der Waals surface area (Å²) in [6, 6.07) is 12.6. The van der Waals surface area contributed by atoms with Gasteiger partial charge in [0.15, 0.2) is 5.96 Å². The summed E-state index contributed by atoms with van der Waals surface area (Å²) in [5.41, 5.74) is 2.17. The Kier molecular flexibility index (Phi) is 5.79. The predicted octanol–water partition coefficient (Wildman–Crippen LogP) is 2.76. The normalized spacial score (nSPS) is 11.5. The van der Waals surface area contributed by atoms with Gasteiger partial charge in [-0.3, -0.25) is 4.99 Å². The molecule has 130 valence electrons. The Hall–Kier alpha value is -2.67. The maximum absolute atomic E-state index is 4.28. The van der Waals surface area contributed by atoms with E-state index < -0.39 is 0 Å². The number of nitrogens with one attached hydrogen (secondary N) is 2. The molecule has 3 rings (SSSR count). The van der Waals surface area contributed by atoms with Gasteiger partial charge in [-0.2, -0.15) is 5.10 Å². The largest absolute Gasteiger partial charge is 0.352 e. The Bertz CT molecular complexity index is 804. The molecule has 1 aromatic carbocycles. The maximum Gasteiger partial charge on any atom is 0.191 e. The van der Waals surface area contributed by atoms with Gasteiger partial charge < -0.3 is 10.6 Å². The Morgan fingerprint density at radius 3 is 2.48 bits per heavy atom. The zero-order valence-corrected chi connectivity index (χ0v) is 15.3. The van der Waals surface area contributed by atoms with Gasteiger partial charge in [-0.25, -0.2) is 9.67 Å². The van der Waals surface area contributed by atoms with Crippen molar-refractivity contribution in [3.05, 3.63) is 64.4 Å². The fourth-order valence-corrected chi connectivity index (χ4v) is 3.29. The Labute approximate surface area is 151 Å². The minimum atomic E-state index is 0.710. The molecule has 3 aromatic rings. The van der Waals surface area contributed by atoms with Crippen LogP contribution < -0.4 is 10.6 Å². The lowest BCUT2D eigenvalue weighted by molar-refractivity contribution is 0.814. The van der Waals surface area contributed by atoms with E-state index >= 15 is 0 Å². The van der Waals surface area contributed by atoms with Crippen molar-refractivity contribution in [3.63, 3.8) is 0 Å². The molecule has 0 aliphatic carbocycles. The smallest absolute Gasteiger partial charge is 0.191 e. The van der Waals surface area contributed by atoms with E-state index in [-0.39, 0.29) is 0 Å². The van der Waals surface area contributed by atoms with Crippen molar-refractivity contribution >= 4 is 17.3 Å². The number of rotatable bonds is 6. The Balaban J connectivity index is 1.50. The van der Waals surface area contributed by atoms with E-state index in [1.807, 2.05) is 23.5 Å². The van der Waals surface area contributed by atoms with Crippen LogP contribution in [0.5, 0.6) is 0 Å². The average Bonchev–Trinajstić information content (AvgIpc) is 3.34. The lowest BCUT2D eigenvalue weighted by Crippen LogP contribution is -2.36. The van der Waals surface area contributed by atoms with Crippen LogP contribution in [0.2, 0.25) is 0 Å². The highest BCUT2D eigenvalue weighted by Gasteiger charge is 2.02. The maximum atomic E-state index is 4.28. The molecule has 6 nitrogen and oxygen atoms in total. The second kappa shape index (κ2) is 8.43. The second-order valence-corrected chi connectivity index (χ2v) is 6.76. The molecule has 0 radical (unpaired) electrons. The van der Waals surface area contributed by atoms with Crippen LogP contribution in [-0.4, -0.2) is 27.8 Å². The molecule has 0 fully saturated rings. The first-order chi connectivity index (χ1) is 12.3. The summed E-state index contributed by atoms with van der Waals surface area (Å²) in [6.07, 6.45) is 4.30. The quantitative estimate of drug-likeness (QED) is 0.528. The molecule has 25 heavy (non-hydrogen) atoms. The molecule has 2 heterocycles. The summed E-state index contributed by atoms with van der Waals surface area (Å²) in [4.78, 5) is 11.0. The molecule has 2 N–H and O–H groups in total. The monoisotopic (exact) mass is 354 g/mol. The number of aromatic nitrogens is 3. The second-order valence-electron chi connectivity index (χ2n) is 5.51. The molecule has 0 aliphatic rings. The summed E-state index contributed by atoms with van der Waals surface area (Å²) in [7, 11) is 1.79. The van der Waals surface area contributed by atoms with E-state index in [9.17, 15) is 0 Å². The highest BCUT2D eigenvalue weighted by Crippen LogP contribution is 2.16. The number of aryl methyl sites for hydroxylation is 1. The van der Waals surface area contributed by atoms with Gasteiger partial charge in [-0.05, 0) is 36.2 Å². The average molecular weight is 354 g/mol. The molecule has 0 unspecified atom stereocenters. The molecule has 0 atom stereocenters. The van der Waals surface area contributed by atoms with Gasteiger partial charge in [0.1, 0.15) is 12.7 Å². The highest BCUT2D eigenvalue weighted by molar-refractivity contribution is 7.11. The third kappa shape index (κ3) is 4.67. The Morgan fingerprint density at radius 1 is 1.08 bits per heavy atom. The van der Waals surface area contributed by atoms with Crippen LogP contribution in [0.1, 0.15) is 22.2 Å². The van der Waals surface area contributed by atoms with Crippen molar-refractivity contribution in [2.75, 3.05) is 7.05 Å². The third-order valence-corrected chi connectivity index (χ3v) is 5.03. The van der Waals surface area contributed by atoms with Crippen LogP contribution in [-0.2, 0) is 19.5 Å². The molecule has 0 saturated carbocycles. The highest BCUT2D eigenvalue weighted by atomic mass is 32.1. The molecule has 0 amide bonds. The fraction of sp³-hybridized carbons (Fsp3) is 0.278. The number of aliphatic imine (C=N–C) groups is 1. The first-order valence-corrected chi connectivity index (χ1v) is 9.06. The van der Waals surface area contributed by atoms with E-state index in [1.54, 1.807) is 18.1 Å². The number of benzene rings is 1. The first-order valence-electron chi connectivity index (χ1n) is 8.24. The minimum absolute atomic E-state index is 0.710. The number of hydrogen-bond donors (Lipinski definition) is 2. The summed E-state index contributed by atoms with van der Waals surface area (Å²) in [5.74, 6) is 0.798. The summed E-state index contributed by atoms with van der Waals surface area (Å²) >= 11 is 1.84. The molecule has 0 spiro atoms. The van der Waals surface area contributed by atoms with Crippen molar-refractivity contribution in [3.8, 4) is 5.69 Å². The topological polar surface area (TPSA) is 67.1 Å². The zero-order valence-electron chi connectivity index (χ0n) is 14.4. The van der Waals surface area contributed by atoms with Crippen molar-refractivity contribution in [2.24, 2.45) is 4.99 Å². The van der Waals surface area contributed by atoms with E-state index in [2.05, 4.69) is 56.9 Å². The SMILES string of the molecule is CCc1ccc(CNC(=NC)NCc2ccc(-n3cncn3)cc2)s1. The van der Waals surface area contributed by atoms with Crippen LogP contribution in [0.25, 0.3) is 5.69 Å². The number of guanidine groups is 1. The van der Waals surface area contributed by atoms with Crippen molar-refractivity contribution in [1.29, 1.82) is 0 Å². The van der Waals surface area contributed by atoms with Gasteiger partial charge in [-0.1, -0.05) is 19.1 Å². The van der Waals surface area contributed by atoms with Gasteiger partial charge in [0.25, 0.3) is 0 Å². The summed E-state index contributed by atoms with van der Waals surface area (Å²) in [6.45, 7) is 3.68. The van der Waals surface area contributed by atoms with E-state index in [0.29, 0.717) is 6.54 Å². The standard InChI is InChI=1S/C18H22N6S/c1-3-16-8-9-17(25-16)11-22-18(19-2)21-10-14-4-6-15(7-5-14)24-13-20-12-23-24/h4-9,12-13H,3,10-11H2,1-2H3,(H2,19,21,22). The lowest BCUT2D eigenvalue weighted by atomic mass is 10.2. The van der Waals surface area contributed by atoms with Gasteiger partial charge in [0, 0.05) is 23.3 Å². The molecule has 0 saturated heterocycles. The predicted molar refractivity (Wildman–Crippen MR) is 102 cm³/mol. The zero-order chi connectivity index (χ0) is 17.5. The van der Waals surface area contributed by atoms with E-state index in [4.69, 9.17) is 0 Å². The molecule has 2 aromatic heterocycles. The first kappa shape index (κ1) is 17.2. The molecule has 7 heteroatoms. The van der Waals surface area contributed by atoms with Crippen LogP contribution in [0.3, 0.4) is 0 Å². The lowest BCUT2D eigenvalue weighted by Gasteiger charge is -2.11.